The van der Waals surface area contributed by atoms with Gasteiger partial charge in [0.15, 0.2) is 17.9 Å². The van der Waals surface area contributed by atoms with Crippen LogP contribution >= 0.6 is 0 Å². The van der Waals surface area contributed by atoms with Gasteiger partial charge in [0.1, 0.15) is 18.3 Å². The van der Waals surface area contributed by atoms with Crippen molar-refractivity contribution in [3.63, 3.8) is 0 Å². The van der Waals surface area contributed by atoms with E-state index in [1.165, 1.54) is 0 Å². The summed E-state index contributed by atoms with van der Waals surface area (Å²) in [6, 6.07) is -0.186. The molecule has 0 spiro atoms. The lowest BCUT2D eigenvalue weighted by Gasteiger charge is -2.28. The van der Waals surface area contributed by atoms with E-state index >= 15 is 0 Å². The van der Waals surface area contributed by atoms with Gasteiger partial charge < -0.3 is 23.7 Å². The third-order valence-corrected chi connectivity index (χ3v) is 3.68. The minimum Gasteiger partial charge on any atom is -0.348 e. The fraction of sp³-hybridized carbons (Fsp3) is 1.00. The van der Waals surface area contributed by atoms with Gasteiger partial charge in [-0.1, -0.05) is 0 Å². The van der Waals surface area contributed by atoms with Crippen LogP contribution in [0.2, 0.25) is 0 Å². The molecule has 0 aromatic carbocycles. The molecular formula is C12H22N2O5. The predicted octanol–water partition coefficient (Wildman–Crippen LogP) is -0.154. The van der Waals surface area contributed by atoms with E-state index in [1.807, 2.05) is 27.7 Å². The largest absolute Gasteiger partial charge is 0.348 e. The van der Waals surface area contributed by atoms with Gasteiger partial charge in [0.25, 0.3) is 0 Å². The number of rotatable bonds is 2. The van der Waals surface area contributed by atoms with Crippen LogP contribution in [0.25, 0.3) is 0 Å². The van der Waals surface area contributed by atoms with Crippen LogP contribution in [0.15, 0.2) is 0 Å². The van der Waals surface area contributed by atoms with E-state index in [-0.39, 0.29) is 24.4 Å². The fourth-order valence-corrected chi connectivity index (χ4v) is 2.92. The first-order chi connectivity index (χ1) is 8.81. The number of nitrogens with two attached hydrogens (primary N) is 1. The number of ether oxygens (including phenoxy) is 5. The van der Waals surface area contributed by atoms with Gasteiger partial charge in [0.05, 0.1) is 12.6 Å². The Morgan fingerprint density at radius 1 is 1.00 bits per heavy atom. The smallest absolute Gasteiger partial charge is 0.189 e. The van der Waals surface area contributed by atoms with Crippen molar-refractivity contribution in [3.05, 3.63) is 0 Å². The minimum absolute atomic E-state index is 0.183. The van der Waals surface area contributed by atoms with Crippen molar-refractivity contribution in [2.24, 2.45) is 5.84 Å². The van der Waals surface area contributed by atoms with Gasteiger partial charge in [0, 0.05) is 0 Å². The maximum atomic E-state index is 5.91. The molecule has 110 valence electrons. The Morgan fingerprint density at radius 2 is 1.74 bits per heavy atom. The van der Waals surface area contributed by atoms with Crippen molar-refractivity contribution in [2.45, 2.75) is 69.9 Å². The van der Waals surface area contributed by atoms with E-state index in [0.29, 0.717) is 6.61 Å². The van der Waals surface area contributed by atoms with E-state index in [1.54, 1.807) is 0 Å². The molecule has 7 heteroatoms. The van der Waals surface area contributed by atoms with Crippen molar-refractivity contribution in [2.75, 3.05) is 6.61 Å². The molecular weight excluding hydrogens is 254 g/mol. The van der Waals surface area contributed by atoms with Crippen molar-refractivity contribution in [1.29, 1.82) is 0 Å². The first-order valence-corrected chi connectivity index (χ1v) is 6.60. The molecule has 3 fully saturated rings. The Hall–Kier alpha value is -0.280. The highest BCUT2D eigenvalue weighted by molar-refractivity contribution is 5.00. The minimum atomic E-state index is -0.651. The van der Waals surface area contributed by atoms with Gasteiger partial charge in [-0.2, -0.15) is 0 Å². The van der Waals surface area contributed by atoms with E-state index in [0.717, 1.165) is 0 Å². The maximum absolute atomic E-state index is 5.91. The van der Waals surface area contributed by atoms with Gasteiger partial charge in [-0.15, -0.1) is 0 Å². The lowest BCUT2D eigenvalue weighted by atomic mass is 10.1. The number of hydrazine groups is 1. The average molecular weight is 276 g/mol. The molecule has 0 saturated carbocycles. The van der Waals surface area contributed by atoms with Crippen LogP contribution in [0.5, 0.6) is 0 Å². The Morgan fingerprint density at radius 3 is 2.32 bits per heavy atom. The van der Waals surface area contributed by atoms with Crippen molar-refractivity contribution in [3.8, 4) is 0 Å². The summed E-state index contributed by atoms with van der Waals surface area (Å²) in [4.78, 5) is 0. The van der Waals surface area contributed by atoms with E-state index in [9.17, 15) is 0 Å². The van der Waals surface area contributed by atoms with Crippen LogP contribution in [0.1, 0.15) is 27.7 Å². The highest BCUT2D eigenvalue weighted by atomic mass is 16.9. The topological polar surface area (TPSA) is 84.2 Å². The highest BCUT2D eigenvalue weighted by Crippen LogP contribution is 2.40. The predicted molar refractivity (Wildman–Crippen MR) is 64.7 cm³/mol. The second-order valence-electron chi connectivity index (χ2n) is 6.13. The molecule has 5 atom stereocenters. The van der Waals surface area contributed by atoms with Gasteiger partial charge in [-0.05, 0) is 27.7 Å². The molecule has 0 radical (unpaired) electrons. The Balaban J connectivity index is 1.72. The zero-order valence-electron chi connectivity index (χ0n) is 11.7. The summed E-state index contributed by atoms with van der Waals surface area (Å²) in [5.74, 6) is 4.40. The number of hydrogen-bond acceptors (Lipinski definition) is 7. The van der Waals surface area contributed by atoms with Gasteiger partial charge in [-0.3, -0.25) is 11.3 Å². The molecule has 19 heavy (non-hydrogen) atoms. The van der Waals surface area contributed by atoms with E-state index in [4.69, 9.17) is 29.5 Å². The molecule has 0 aromatic heterocycles. The first-order valence-electron chi connectivity index (χ1n) is 6.60. The Labute approximate surface area is 112 Å². The Bertz CT molecular complexity index is 362. The van der Waals surface area contributed by atoms with Crippen LogP contribution in [0.3, 0.4) is 0 Å². The summed E-state index contributed by atoms with van der Waals surface area (Å²) >= 11 is 0. The molecule has 3 aliphatic heterocycles. The molecule has 0 unspecified atom stereocenters. The van der Waals surface area contributed by atoms with Gasteiger partial charge in [0.2, 0.25) is 0 Å². The molecule has 7 nitrogen and oxygen atoms in total. The fourth-order valence-electron chi connectivity index (χ4n) is 2.92. The Kier molecular flexibility index (Phi) is 3.14. The monoisotopic (exact) mass is 276 g/mol. The second-order valence-corrected chi connectivity index (χ2v) is 6.13. The maximum Gasteiger partial charge on any atom is 0.189 e. The standard InChI is InChI=1S/C12H22N2O5/c1-11(2)15-5-6(17-11)8-7(14-13)9-10(16-8)19-12(3,4)18-9/h6-10,14H,5,13H2,1-4H3/t6-,7-,8-,9-,10-/m1/s1/i5+2. The molecule has 3 aliphatic rings. The quantitative estimate of drug-likeness (QED) is 0.536. The molecule has 3 saturated heterocycles. The third kappa shape index (κ3) is 2.40. The van der Waals surface area contributed by atoms with E-state index in [2.05, 4.69) is 5.43 Å². The van der Waals surface area contributed by atoms with Crippen LogP contribution in [0, 0.1) is 0 Å². The van der Waals surface area contributed by atoms with Crippen LogP contribution < -0.4 is 11.3 Å². The molecule has 0 amide bonds. The summed E-state index contributed by atoms with van der Waals surface area (Å²) in [5, 5.41) is 0. The first kappa shape index (κ1) is 13.7. The second kappa shape index (κ2) is 4.36. The van der Waals surface area contributed by atoms with Crippen LogP contribution in [0.4, 0.5) is 0 Å². The lowest BCUT2D eigenvalue weighted by molar-refractivity contribution is -0.223. The summed E-state index contributed by atoms with van der Waals surface area (Å²) in [7, 11) is 0. The third-order valence-electron chi connectivity index (χ3n) is 3.68. The summed E-state index contributed by atoms with van der Waals surface area (Å²) in [6.45, 7) is 7.94. The number of nitrogens with one attached hydrogen (secondary N) is 1. The van der Waals surface area contributed by atoms with Crippen molar-refractivity contribution >= 4 is 0 Å². The zero-order valence-corrected chi connectivity index (χ0v) is 11.7. The highest BCUT2D eigenvalue weighted by Gasteiger charge is 2.57. The molecule has 0 bridgehead atoms. The normalized spacial score (nSPS) is 47.5. The lowest BCUT2D eigenvalue weighted by Crippen LogP contribution is -2.53. The summed E-state index contributed by atoms with van der Waals surface area (Å²) in [5.41, 5.74) is 2.76. The SMILES string of the molecule is CC1(C)O[C@H]2O[C@H]([C@H]3[14CH2]OC(C)(C)O3)[C@@H](NN)[C@H]2O1. The molecule has 0 aliphatic carbocycles. The van der Waals surface area contributed by atoms with Crippen molar-refractivity contribution < 1.29 is 23.7 Å². The zero-order chi connectivity index (χ0) is 13.8. The molecule has 3 N–H and O–H groups in total. The molecule has 3 heterocycles. The molecule has 3 rings (SSSR count). The molecule has 0 aromatic rings. The van der Waals surface area contributed by atoms with Crippen LogP contribution in [-0.4, -0.2) is 48.8 Å². The van der Waals surface area contributed by atoms with Gasteiger partial charge in [-0.25, -0.2) is 0 Å². The van der Waals surface area contributed by atoms with E-state index < -0.39 is 17.9 Å². The van der Waals surface area contributed by atoms with Crippen LogP contribution in [-0.2, 0) is 23.7 Å². The van der Waals surface area contributed by atoms with Gasteiger partial charge >= 0.3 is 0 Å². The number of hydrogen-bond donors (Lipinski definition) is 2. The summed E-state index contributed by atoms with van der Waals surface area (Å²) in [6.07, 6.45) is -1.10. The average Bonchev–Trinajstić information content (AvgIpc) is 2.87. The van der Waals surface area contributed by atoms with Crippen molar-refractivity contribution in [1.82, 2.24) is 5.43 Å². The summed E-state index contributed by atoms with van der Waals surface area (Å²) < 4.78 is 28.8. The number of fused-ring (bicyclic) bond motifs is 1.